The Hall–Kier alpha value is -2.80. The minimum Gasteiger partial charge on any atom is -0.748 e. The van der Waals surface area contributed by atoms with E-state index in [-0.39, 0.29) is 17.1 Å². The fraction of sp³-hybridized carbons (Fsp3) is 0.0400. The van der Waals surface area contributed by atoms with Gasteiger partial charge in [0.25, 0.3) is 0 Å². The number of para-hydroxylation sites is 2. The molecule has 0 aliphatic carbocycles. The average molecular weight is 393 g/mol. The Balaban J connectivity index is 0.000000379. The number of rotatable bonds is 5. The van der Waals surface area contributed by atoms with E-state index in [0.29, 0.717) is 0 Å². The van der Waals surface area contributed by atoms with Crippen LogP contribution in [0.4, 0.5) is 11.4 Å². The summed E-state index contributed by atoms with van der Waals surface area (Å²) in [6, 6.07) is 39.2. The molecule has 0 spiro atoms. The van der Waals surface area contributed by atoms with Crippen molar-refractivity contribution >= 4 is 16.9 Å². The fourth-order valence-electron chi connectivity index (χ4n) is 2.76. The van der Waals surface area contributed by atoms with Crippen LogP contribution in [-0.4, -0.2) is 6.54 Å². The third-order valence-corrected chi connectivity index (χ3v) is 4.11. The van der Waals surface area contributed by atoms with E-state index in [2.05, 4.69) is 84.3 Å². The Morgan fingerprint density at radius 1 is 0.704 bits per heavy atom. The van der Waals surface area contributed by atoms with Gasteiger partial charge in [-0.3, -0.25) is 0 Å². The molecule has 0 radical (unpaired) electrons. The van der Waals surface area contributed by atoms with Gasteiger partial charge in [-0.2, -0.15) is 18.7 Å². The summed E-state index contributed by atoms with van der Waals surface area (Å²) in [5.41, 5.74) is 4.67. The maximum atomic E-state index is 4.25. The average Bonchev–Trinajstić information content (AvgIpc) is 3.44. The van der Waals surface area contributed by atoms with Crippen molar-refractivity contribution in [2.24, 2.45) is 0 Å². The van der Waals surface area contributed by atoms with Crippen molar-refractivity contribution in [3.63, 3.8) is 0 Å². The normalized spacial score (nSPS) is 9.48. The SMILES string of the molecule is C=C(CN(c1ccccc1)c1ccccc1)[c-]1cccc1.[Fe].[cH-]1[cH-][cH-][cH-][cH-]1. The van der Waals surface area contributed by atoms with E-state index >= 15 is 0 Å². The van der Waals surface area contributed by atoms with Gasteiger partial charge in [0.2, 0.25) is 0 Å². The maximum absolute atomic E-state index is 4.25. The molecule has 0 unspecified atom stereocenters. The molecule has 4 rings (SSSR count). The first-order valence-electron chi connectivity index (χ1n) is 8.79. The van der Waals surface area contributed by atoms with Crippen LogP contribution in [0, 0.1) is 0 Å². The number of benzene rings is 2. The Bertz CT molecular complexity index is 806. The Kier molecular flexibility index (Phi) is 8.38. The zero-order chi connectivity index (χ0) is 18.0. The molecule has 4 aromatic carbocycles. The summed E-state index contributed by atoms with van der Waals surface area (Å²) in [5.74, 6) is 0. The van der Waals surface area contributed by atoms with E-state index in [1.807, 2.05) is 42.5 Å². The molecule has 1 nitrogen and oxygen atoms in total. The van der Waals surface area contributed by atoms with E-state index in [0.717, 1.165) is 12.1 Å². The third kappa shape index (κ3) is 6.14. The summed E-state index contributed by atoms with van der Waals surface area (Å²) in [7, 11) is 0. The topological polar surface area (TPSA) is 3.24 Å². The standard InChI is InChI=1S/C20H18N.C5H5.Fe/c1-17(18-10-8-9-11-18)16-21(19-12-4-2-5-13-19)20-14-6-3-7-15-20;1-2-4-5-3-1;/h2-15H,1,16H2;1-5H;/q-1;-5;. The molecule has 0 aliphatic rings. The fourth-order valence-corrected chi connectivity index (χ4v) is 2.76. The van der Waals surface area contributed by atoms with Gasteiger partial charge in [-0.25, -0.2) is 0 Å². The van der Waals surface area contributed by atoms with Crippen LogP contribution in [0.15, 0.2) is 122 Å². The van der Waals surface area contributed by atoms with Crippen molar-refractivity contribution in [3.05, 3.63) is 127 Å². The molecule has 0 fully saturated rings. The predicted octanol–water partition coefficient (Wildman–Crippen LogP) is 6.66. The predicted molar refractivity (Wildman–Crippen MR) is 113 cm³/mol. The van der Waals surface area contributed by atoms with Gasteiger partial charge in [0, 0.05) is 35.0 Å². The van der Waals surface area contributed by atoms with Crippen molar-refractivity contribution in [2.45, 2.75) is 0 Å². The Morgan fingerprint density at radius 3 is 1.52 bits per heavy atom. The van der Waals surface area contributed by atoms with Crippen molar-refractivity contribution in [1.82, 2.24) is 0 Å². The second-order valence-corrected chi connectivity index (χ2v) is 6.00. The van der Waals surface area contributed by atoms with Crippen LogP contribution in [0.2, 0.25) is 0 Å². The molecule has 0 atom stereocenters. The Labute approximate surface area is 172 Å². The first-order valence-corrected chi connectivity index (χ1v) is 8.79. The molecule has 0 N–H and O–H groups in total. The van der Waals surface area contributed by atoms with Crippen LogP contribution in [0.5, 0.6) is 0 Å². The summed E-state index contributed by atoms with van der Waals surface area (Å²) < 4.78 is 0. The van der Waals surface area contributed by atoms with Gasteiger partial charge in [-0.1, -0.05) is 36.4 Å². The van der Waals surface area contributed by atoms with E-state index in [1.54, 1.807) is 0 Å². The van der Waals surface area contributed by atoms with Crippen LogP contribution in [0.1, 0.15) is 5.56 Å². The summed E-state index contributed by atoms with van der Waals surface area (Å²) >= 11 is 0. The molecule has 142 valence electrons. The minimum absolute atomic E-state index is 0. The van der Waals surface area contributed by atoms with Gasteiger partial charge in [0.1, 0.15) is 0 Å². The second kappa shape index (κ2) is 11.0. The molecular weight excluding hydrogens is 370 g/mol. The monoisotopic (exact) mass is 393 g/mol. The quantitative estimate of drug-likeness (QED) is 0.271. The molecular formula is C25H23FeN-6. The van der Waals surface area contributed by atoms with E-state index in [1.165, 1.54) is 16.9 Å². The number of hydrogen-bond donors (Lipinski definition) is 0. The molecule has 2 heteroatoms. The molecule has 0 aromatic heterocycles. The molecule has 0 saturated heterocycles. The van der Waals surface area contributed by atoms with E-state index in [4.69, 9.17) is 0 Å². The van der Waals surface area contributed by atoms with Crippen LogP contribution < -0.4 is 4.90 Å². The Morgan fingerprint density at radius 2 is 1.11 bits per heavy atom. The summed E-state index contributed by atoms with van der Waals surface area (Å²) in [4.78, 5) is 2.29. The van der Waals surface area contributed by atoms with Gasteiger partial charge in [-0.15, -0.1) is 23.3 Å². The van der Waals surface area contributed by atoms with Crippen molar-refractivity contribution < 1.29 is 17.1 Å². The van der Waals surface area contributed by atoms with Gasteiger partial charge < -0.3 is 35.2 Å². The summed E-state index contributed by atoms with van der Waals surface area (Å²) in [6.07, 6.45) is 0. The third-order valence-electron chi connectivity index (χ3n) is 4.11. The second-order valence-electron chi connectivity index (χ2n) is 6.00. The van der Waals surface area contributed by atoms with Gasteiger partial charge in [0.15, 0.2) is 0 Å². The van der Waals surface area contributed by atoms with Crippen LogP contribution in [0.25, 0.3) is 5.57 Å². The summed E-state index contributed by atoms with van der Waals surface area (Å²) in [5, 5.41) is 0. The van der Waals surface area contributed by atoms with Gasteiger partial charge in [0.05, 0.1) is 0 Å². The number of hydrogen-bond acceptors (Lipinski definition) is 1. The first-order chi connectivity index (χ1) is 12.8. The zero-order valence-electron chi connectivity index (χ0n) is 15.2. The minimum atomic E-state index is 0. The zero-order valence-corrected chi connectivity index (χ0v) is 16.3. The number of nitrogens with zero attached hydrogens (tertiary/aromatic N) is 1. The smallest absolute Gasteiger partial charge is 0.0413 e. The largest absolute Gasteiger partial charge is 0.748 e. The molecule has 4 aromatic rings. The molecule has 0 aliphatic heterocycles. The molecule has 0 heterocycles. The summed E-state index contributed by atoms with van der Waals surface area (Å²) in [6.45, 7) is 5.02. The van der Waals surface area contributed by atoms with E-state index in [9.17, 15) is 0 Å². The van der Waals surface area contributed by atoms with Crippen molar-refractivity contribution in [1.29, 1.82) is 0 Å². The van der Waals surface area contributed by atoms with Crippen LogP contribution in [0.3, 0.4) is 0 Å². The number of anilines is 2. The van der Waals surface area contributed by atoms with Gasteiger partial charge >= 0.3 is 0 Å². The van der Waals surface area contributed by atoms with Crippen LogP contribution >= 0.6 is 0 Å². The van der Waals surface area contributed by atoms with Crippen molar-refractivity contribution in [2.75, 3.05) is 11.4 Å². The van der Waals surface area contributed by atoms with E-state index < -0.39 is 0 Å². The first kappa shape index (κ1) is 20.5. The van der Waals surface area contributed by atoms with Crippen LogP contribution in [-0.2, 0) is 17.1 Å². The molecule has 0 bridgehead atoms. The maximum Gasteiger partial charge on any atom is 0.0413 e. The van der Waals surface area contributed by atoms with Crippen molar-refractivity contribution in [3.8, 4) is 0 Å². The molecule has 27 heavy (non-hydrogen) atoms. The molecule has 0 saturated carbocycles. The molecule has 0 amide bonds. The van der Waals surface area contributed by atoms with Gasteiger partial charge in [-0.05, 0) is 24.3 Å².